The van der Waals surface area contributed by atoms with E-state index in [1.54, 1.807) is 26.4 Å². The maximum absolute atomic E-state index is 12.0. The van der Waals surface area contributed by atoms with Crippen LogP contribution < -0.4 is 19.5 Å². The van der Waals surface area contributed by atoms with Crippen LogP contribution in [0.2, 0.25) is 0 Å². The lowest BCUT2D eigenvalue weighted by molar-refractivity contribution is -0.129. The molecule has 134 valence electrons. The molecule has 0 aliphatic rings. The lowest BCUT2D eigenvalue weighted by atomic mass is 10.1. The molecule has 7 heteroatoms. The molecule has 25 heavy (non-hydrogen) atoms. The normalized spacial score (nSPS) is 11.5. The second kappa shape index (κ2) is 8.89. The number of aliphatic hydroxyl groups is 1. The average molecular weight is 346 g/mol. The van der Waals surface area contributed by atoms with Gasteiger partial charge in [-0.3, -0.25) is 4.79 Å². The van der Waals surface area contributed by atoms with Crippen molar-refractivity contribution in [3.05, 3.63) is 47.7 Å². The molecular weight excluding hydrogens is 324 g/mol. The first-order chi connectivity index (χ1) is 12.1. The van der Waals surface area contributed by atoms with Crippen LogP contribution in [0.4, 0.5) is 0 Å². The second-order valence-corrected chi connectivity index (χ2v) is 5.27. The van der Waals surface area contributed by atoms with Crippen LogP contribution in [0.25, 0.3) is 0 Å². The molecule has 0 saturated carbocycles. The molecular formula is C18H22N2O5. The third-order valence-corrected chi connectivity index (χ3v) is 3.69. The number of hydrogen-bond donors (Lipinski definition) is 2. The van der Waals surface area contributed by atoms with Gasteiger partial charge >= 0.3 is 0 Å². The van der Waals surface area contributed by atoms with Crippen molar-refractivity contribution in [2.75, 3.05) is 27.9 Å². The molecule has 2 rings (SSSR count). The highest BCUT2D eigenvalue weighted by Gasteiger charge is 2.17. The quantitative estimate of drug-likeness (QED) is 0.753. The van der Waals surface area contributed by atoms with Crippen molar-refractivity contribution in [2.24, 2.45) is 0 Å². The van der Waals surface area contributed by atoms with Crippen LogP contribution in [0.5, 0.6) is 17.4 Å². The zero-order valence-corrected chi connectivity index (χ0v) is 14.5. The number of pyridine rings is 1. The molecule has 0 aliphatic heterocycles. The van der Waals surface area contributed by atoms with Crippen LogP contribution >= 0.6 is 0 Å². The molecule has 0 aliphatic carbocycles. The van der Waals surface area contributed by atoms with Gasteiger partial charge in [-0.25, -0.2) is 4.98 Å². The van der Waals surface area contributed by atoms with Gasteiger partial charge in [-0.2, -0.15) is 0 Å². The minimum Gasteiger partial charge on any atom is -0.493 e. The molecule has 1 atom stereocenters. The van der Waals surface area contributed by atoms with Gasteiger partial charge in [0.1, 0.15) is 0 Å². The Morgan fingerprint density at radius 2 is 1.88 bits per heavy atom. The Balaban J connectivity index is 1.89. The van der Waals surface area contributed by atoms with Crippen LogP contribution in [0.1, 0.15) is 17.2 Å². The molecule has 0 radical (unpaired) electrons. The molecule has 2 N–H and O–H groups in total. The van der Waals surface area contributed by atoms with Crippen LogP contribution in [-0.2, 0) is 11.2 Å². The Morgan fingerprint density at radius 3 is 2.48 bits per heavy atom. The van der Waals surface area contributed by atoms with Crippen molar-refractivity contribution < 1.29 is 24.1 Å². The standard InChI is InChI=1S/C18H22N2O5/c1-23-14-6-4-12(10-15(14)24-2)8-9-19-18(22)17(21)13-5-7-16(25-3)20-11-13/h4-7,10-11,17,21H,8-9H2,1-3H3,(H,19,22). The minimum atomic E-state index is -1.27. The van der Waals surface area contributed by atoms with Gasteiger partial charge in [0.15, 0.2) is 17.6 Å². The summed E-state index contributed by atoms with van der Waals surface area (Å²) >= 11 is 0. The van der Waals surface area contributed by atoms with E-state index in [1.807, 2.05) is 18.2 Å². The van der Waals surface area contributed by atoms with Gasteiger partial charge in [0.2, 0.25) is 5.88 Å². The lowest BCUT2D eigenvalue weighted by Gasteiger charge is -2.13. The van der Waals surface area contributed by atoms with Crippen LogP contribution in [-0.4, -0.2) is 43.9 Å². The summed E-state index contributed by atoms with van der Waals surface area (Å²) in [6.45, 7) is 0.384. The summed E-state index contributed by atoms with van der Waals surface area (Å²) in [4.78, 5) is 16.0. The molecule has 7 nitrogen and oxygen atoms in total. The number of ether oxygens (including phenoxy) is 3. The number of methoxy groups -OCH3 is 3. The first kappa shape index (κ1) is 18.5. The summed E-state index contributed by atoms with van der Waals surface area (Å²) < 4.78 is 15.4. The summed E-state index contributed by atoms with van der Waals surface area (Å²) in [7, 11) is 4.65. The first-order valence-electron chi connectivity index (χ1n) is 7.75. The van der Waals surface area contributed by atoms with E-state index in [0.717, 1.165) is 5.56 Å². The third-order valence-electron chi connectivity index (χ3n) is 3.69. The van der Waals surface area contributed by atoms with Crippen LogP contribution in [0, 0.1) is 0 Å². The van der Waals surface area contributed by atoms with E-state index in [1.165, 1.54) is 13.3 Å². The van der Waals surface area contributed by atoms with E-state index in [9.17, 15) is 9.90 Å². The van der Waals surface area contributed by atoms with E-state index in [0.29, 0.717) is 35.9 Å². The Morgan fingerprint density at radius 1 is 1.12 bits per heavy atom. The highest BCUT2D eigenvalue weighted by atomic mass is 16.5. The first-order valence-corrected chi connectivity index (χ1v) is 7.75. The van der Waals surface area contributed by atoms with E-state index >= 15 is 0 Å². The predicted molar refractivity (Wildman–Crippen MR) is 92.0 cm³/mol. The van der Waals surface area contributed by atoms with Crippen molar-refractivity contribution >= 4 is 5.91 Å². The van der Waals surface area contributed by atoms with Crippen molar-refractivity contribution in [2.45, 2.75) is 12.5 Å². The minimum absolute atomic E-state index is 0.384. The number of carbonyl (C=O) groups is 1. The Labute approximate surface area is 146 Å². The van der Waals surface area contributed by atoms with Crippen molar-refractivity contribution in [3.63, 3.8) is 0 Å². The van der Waals surface area contributed by atoms with Crippen LogP contribution in [0.15, 0.2) is 36.5 Å². The van der Waals surface area contributed by atoms with Gasteiger partial charge in [-0.05, 0) is 30.2 Å². The molecule has 2 aromatic rings. The summed E-state index contributed by atoms with van der Waals surface area (Å²) in [5, 5.41) is 12.8. The Kier molecular flexibility index (Phi) is 6.59. The van der Waals surface area contributed by atoms with Gasteiger partial charge < -0.3 is 24.6 Å². The molecule has 0 fully saturated rings. The topological polar surface area (TPSA) is 89.9 Å². The summed E-state index contributed by atoms with van der Waals surface area (Å²) in [5.41, 5.74) is 1.39. The fourth-order valence-electron chi connectivity index (χ4n) is 2.29. The second-order valence-electron chi connectivity index (χ2n) is 5.27. The number of nitrogens with zero attached hydrogens (tertiary/aromatic N) is 1. The number of aliphatic hydroxyl groups excluding tert-OH is 1. The summed E-state index contributed by atoms with van der Waals surface area (Å²) in [6.07, 6.45) is 0.737. The maximum Gasteiger partial charge on any atom is 0.253 e. The highest BCUT2D eigenvalue weighted by molar-refractivity contribution is 5.81. The summed E-state index contributed by atoms with van der Waals surface area (Å²) in [5.74, 6) is 1.23. The number of nitrogens with one attached hydrogen (secondary N) is 1. The molecule has 0 saturated heterocycles. The van der Waals surface area contributed by atoms with Gasteiger partial charge in [-0.1, -0.05) is 6.07 Å². The summed E-state index contributed by atoms with van der Waals surface area (Å²) in [6, 6.07) is 8.76. The van der Waals surface area contributed by atoms with E-state index in [-0.39, 0.29) is 0 Å². The number of benzene rings is 1. The van der Waals surface area contributed by atoms with Crippen molar-refractivity contribution in [1.82, 2.24) is 10.3 Å². The molecule has 1 aromatic heterocycles. The predicted octanol–water partition coefficient (Wildman–Crippen LogP) is 1.50. The van der Waals surface area contributed by atoms with Gasteiger partial charge in [0.25, 0.3) is 5.91 Å². The third kappa shape index (κ3) is 4.84. The average Bonchev–Trinajstić information content (AvgIpc) is 2.67. The van der Waals surface area contributed by atoms with E-state index in [2.05, 4.69) is 10.3 Å². The number of hydrogen-bond acceptors (Lipinski definition) is 6. The van der Waals surface area contributed by atoms with E-state index in [4.69, 9.17) is 14.2 Å². The zero-order valence-electron chi connectivity index (χ0n) is 14.5. The van der Waals surface area contributed by atoms with E-state index < -0.39 is 12.0 Å². The lowest BCUT2D eigenvalue weighted by Crippen LogP contribution is -2.31. The largest absolute Gasteiger partial charge is 0.493 e. The van der Waals surface area contributed by atoms with Gasteiger partial charge in [-0.15, -0.1) is 0 Å². The molecule has 1 aromatic carbocycles. The molecule has 0 spiro atoms. The van der Waals surface area contributed by atoms with Gasteiger partial charge in [0.05, 0.1) is 21.3 Å². The fourth-order valence-corrected chi connectivity index (χ4v) is 2.29. The molecule has 1 amide bonds. The zero-order chi connectivity index (χ0) is 18.2. The monoisotopic (exact) mass is 346 g/mol. The highest BCUT2D eigenvalue weighted by Crippen LogP contribution is 2.27. The number of carbonyl (C=O) groups excluding carboxylic acids is 1. The van der Waals surface area contributed by atoms with Crippen molar-refractivity contribution in [3.8, 4) is 17.4 Å². The smallest absolute Gasteiger partial charge is 0.253 e. The van der Waals surface area contributed by atoms with Gasteiger partial charge in [0, 0.05) is 24.4 Å². The Hall–Kier alpha value is -2.80. The Bertz CT molecular complexity index is 703. The number of rotatable bonds is 8. The van der Waals surface area contributed by atoms with Crippen molar-refractivity contribution in [1.29, 1.82) is 0 Å². The van der Waals surface area contributed by atoms with Crippen LogP contribution in [0.3, 0.4) is 0 Å². The molecule has 1 heterocycles. The maximum atomic E-state index is 12.0. The SMILES string of the molecule is COc1ccc(C(O)C(=O)NCCc2ccc(OC)c(OC)c2)cn1. The number of aromatic nitrogens is 1. The fraction of sp³-hybridized carbons (Fsp3) is 0.333. The molecule has 1 unspecified atom stereocenters. The molecule has 0 bridgehead atoms. The number of amides is 1.